The Labute approximate surface area is 69.5 Å². The third-order valence-electron chi connectivity index (χ3n) is 1.18. The maximum absolute atomic E-state index is 5.50. The fraction of sp³-hybridized carbons (Fsp3) is 0. The molecule has 2 aromatic heterocycles. The molecule has 0 radical (unpaired) electrons. The first-order chi connectivity index (χ1) is 5.27. The number of anilines is 1. The molecule has 0 bridgehead atoms. The van der Waals surface area contributed by atoms with E-state index in [0.717, 1.165) is 0 Å². The largest absolute Gasteiger partial charge is 0.380 e. The minimum absolute atomic E-state index is 0.310. The van der Waals surface area contributed by atoms with E-state index in [0.29, 0.717) is 16.1 Å². The van der Waals surface area contributed by atoms with E-state index in [4.69, 9.17) is 5.73 Å². The maximum atomic E-state index is 5.50. The number of hydrogen-bond donors (Lipinski definition) is 1. The molecule has 0 atom stereocenters. The van der Waals surface area contributed by atoms with Crippen LogP contribution >= 0.6 is 15.9 Å². The summed E-state index contributed by atoms with van der Waals surface area (Å²) in [5.41, 5.74) is 5.96. The Morgan fingerprint density at radius 1 is 1.55 bits per heavy atom. The minimum Gasteiger partial charge on any atom is -0.380 e. The van der Waals surface area contributed by atoms with Crippen LogP contribution in [0.1, 0.15) is 0 Å². The fourth-order valence-corrected chi connectivity index (χ4v) is 1.13. The molecule has 0 aliphatic heterocycles. The lowest BCUT2D eigenvalue weighted by Crippen LogP contribution is -1.97. The Balaban J connectivity index is 2.91. The van der Waals surface area contributed by atoms with Gasteiger partial charge in [-0.15, -0.1) is 5.10 Å². The van der Waals surface area contributed by atoms with Gasteiger partial charge < -0.3 is 5.73 Å². The summed E-state index contributed by atoms with van der Waals surface area (Å²) in [6.07, 6.45) is 1.63. The van der Waals surface area contributed by atoms with E-state index in [2.05, 4.69) is 36.4 Å². The van der Waals surface area contributed by atoms with Crippen LogP contribution in [0.2, 0.25) is 0 Å². The topological polar surface area (TPSA) is 82.0 Å². The molecule has 0 aliphatic rings. The van der Waals surface area contributed by atoms with E-state index in [1.165, 1.54) is 4.52 Å². The van der Waals surface area contributed by atoms with E-state index < -0.39 is 0 Å². The molecule has 2 N–H and O–H groups in total. The standard InChI is InChI=1S/C4H3BrN6/c5-2-1-11-4(3(6)7-2)8-9-10-11/h1H,(H2,6,7). The number of rotatable bonds is 0. The lowest BCUT2D eigenvalue weighted by molar-refractivity contribution is 0.818. The van der Waals surface area contributed by atoms with Crippen molar-refractivity contribution < 1.29 is 0 Å². The predicted molar refractivity (Wildman–Crippen MR) is 40.7 cm³/mol. The molecule has 0 unspecified atom stereocenters. The number of nitrogens with zero attached hydrogens (tertiary/aromatic N) is 5. The monoisotopic (exact) mass is 214 g/mol. The minimum atomic E-state index is 0.310. The van der Waals surface area contributed by atoms with Crippen molar-refractivity contribution in [1.29, 1.82) is 0 Å². The third-order valence-corrected chi connectivity index (χ3v) is 1.56. The molecule has 0 saturated heterocycles. The fourth-order valence-electron chi connectivity index (χ4n) is 0.744. The Bertz CT molecular complexity index is 394. The number of aromatic nitrogens is 5. The molecular formula is C4H3BrN6. The van der Waals surface area contributed by atoms with Crippen molar-refractivity contribution >= 4 is 27.4 Å². The second-order valence-electron chi connectivity index (χ2n) is 1.90. The van der Waals surface area contributed by atoms with Crippen LogP contribution < -0.4 is 5.73 Å². The van der Waals surface area contributed by atoms with Crippen LogP contribution in [0.15, 0.2) is 10.8 Å². The summed E-state index contributed by atoms with van der Waals surface area (Å²) in [4.78, 5) is 3.91. The Morgan fingerprint density at radius 2 is 2.36 bits per heavy atom. The van der Waals surface area contributed by atoms with E-state index >= 15 is 0 Å². The highest BCUT2D eigenvalue weighted by molar-refractivity contribution is 9.10. The van der Waals surface area contributed by atoms with E-state index in [1.807, 2.05) is 0 Å². The van der Waals surface area contributed by atoms with Crippen molar-refractivity contribution in [3.63, 3.8) is 0 Å². The lowest BCUT2D eigenvalue weighted by Gasteiger charge is -1.93. The van der Waals surface area contributed by atoms with Crippen LogP contribution in [-0.4, -0.2) is 25.0 Å². The summed E-state index contributed by atoms with van der Waals surface area (Å²) in [5.74, 6) is 0.310. The van der Waals surface area contributed by atoms with Crippen LogP contribution in [0.5, 0.6) is 0 Å². The van der Waals surface area contributed by atoms with Crippen molar-refractivity contribution in [3.05, 3.63) is 10.8 Å². The normalized spacial score (nSPS) is 10.6. The first kappa shape index (κ1) is 6.47. The van der Waals surface area contributed by atoms with Gasteiger partial charge in [-0.05, 0) is 26.4 Å². The molecule has 2 aromatic rings. The maximum Gasteiger partial charge on any atom is 0.221 e. The third kappa shape index (κ3) is 0.929. The van der Waals surface area contributed by atoms with E-state index in [9.17, 15) is 0 Å². The van der Waals surface area contributed by atoms with Gasteiger partial charge in [-0.3, -0.25) is 0 Å². The van der Waals surface area contributed by atoms with Gasteiger partial charge in [0.25, 0.3) is 0 Å². The number of nitrogen functional groups attached to an aromatic ring is 1. The van der Waals surface area contributed by atoms with Crippen molar-refractivity contribution in [2.75, 3.05) is 5.73 Å². The summed E-state index contributed by atoms with van der Waals surface area (Å²) in [5, 5.41) is 10.7. The summed E-state index contributed by atoms with van der Waals surface area (Å²) in [7, 11) is 0. The summed E-state index contributed by atoms with van der Waals surface area (Å²) in [6.45, 7) is 0. The van der Waals surface area contributed by atoms with Gasteiger partial charge in [-0.25, -0.2) is 4.98 Å². The summed E-state index contributed by atoms with van der Waals surface area (Å²) < 4.78 is 2.06. The molecule has 0 saturated carbocycles. The molecular weight excluding hydrogens is 212 g/mol. The molecule has 6 nitrogen and oxygen atoms in total. The lowest BCUT2D eigenvalue weighted by atomic mass is 10.6. The molecule has 2 heterocycles. The Kier molecular flexibility index (Phi) is 1.25. The molecule has 0 spiro atoms. The molecule has 11 heavy (non-hydrogen) atoms. The average molecular weight is 215 g/mol. The van der Waals surface area contributed by atoms with Gasteiger partial charge in [0, 0.05) is 0 Å². The Morgan fingerprint density at radius 3 is 3.18 bits per heavy atom. The highest BCUT2D eigenvalue weighted by atomic mass is 79.9. The molecule has 0 amide bonds. The quantitative estimate of drug-likeness (QED) is 0.661. The van der Waals surface area contributed by atoms with E-state index in [-0.39, 0.29) is 0 Å². The molecule has 56 valence electrons. The zero-order valence-electron chi connectivity index (χ0n) is 5.27. The van der Waals surface area contributed by atoms with Gasteiger partial charge in [-0.1, -0.05) is 0 Å². The van der Waals surface area contributed by atoms with Crippen molar-refractivity contribution in [3.8, 4) is 0 Å². The first-order valence-corrected chi connectivity index (χ1v) is 3.56. The second-order valence-corrected chi connectivity index (χ2v) is 2.71. The van der Waals surface area contributed by atoms with Crippen LogP contribution in [0, 0.1) is 0 Å². The van der Waals surface area contributed by atoms with Gasteiger partial charge in [-0.2, -0.15) is 4.52 Å². The smallest absolute Gasteiger partial charge is 0.221 e. The average Bonchev–Trinajstić information content (AvgIpc) is 2.34. The van der Waals surface area contributed by atoms with Crippen LogP contribution in [0.4, 0.5) is 5.82 Å². The van der Waals surface area contributed by atoms with Crippen LogP contribution in [0.3, 0.4) is 0 Å². The van der Waals surface area contributed by atoms with Gasteiger partial charge in [0.15, 0.2) is 5.82 Å². The van der Waals surface area contributed by atoms with Gasteiger partial charge in [0.2, 0.25) is 5.65 Å². The van der Waals surface area contributed by atoms with Gasteiger partial charge in [0.1, 0.15) is 4.60 Å². The van der Waals surface area contributed by atoms with Gasteiger partial charge in [0.05, 0.1) is 6.20 Å². The number of halogens is 1. The molecule has 2 rings (SSSR count). The number of hydrogen-bond acceptors (Lipinski definition) is 5. The second kappa shape index (κ2) is 2.12. The predicted octanol–water partition coefficient (Wildman–Crippen LogP) is -0.136. The number of nitrogens with two attached hydrogens (primary N) is 1. The van der Waals surface area contributed by atoms with E-state index in [1.54, 1.807) is 6.20 Å². The van der Waals surface area contributed by atoms with Crippen LogP contribution in [-0.2, 0) is 0 Å². The highest BCUT2D eigenvalue weighted by Crippen LogP contribution is 2.10. The molecule has 0 aliphatic carbocycles. The first-order valence-electron chi connectivity index (χ1n) is 2.77. The van der Waals surface area contributed by atoms with Crippen molar-refractivity contribution in [2.24, 2.45) is 0 Å². The highest BCUT2D eigenvalue weighted by Gasteiger charge is 2.03. The van der Waals surface area contributed by atoms with Crippen molar-refractivity contribution in [1.82, 2.24) is 25.0 Å². The zero-order chi connectivity index (χ0) is 7.84. The SMILES string of the molecule is Nc1nc(Br)cn2nnnc12. The number of tetrazole rings is 1. The zero-order valence-corrected chi connectivity index (χ0v) is 6.85. The Hall–Kier alpha value is -1.24. The summed E-state index contributed by atoms with van der Waals surface area (Å²) in [6, 6.07) is 0. The summed E-state index contributed by atoms with van der Waals surface area (Å²) >= 11 is 3.16. The molecule has 0 fully saturated rings. The van der Waals surface area contributed by atoms with Crippen LogP contribution in [0.25, 0.3) is 5.65 Å². The molecule has 7 heteroatoms. The number of fused-ring (bicyclic) bond motifs is 1. The van der Waals surface area contributed by atoms with Crippen molar-refractivity contribution in [2.45, 2.75) is 0 Å². The van der Waals surface area contributed by atoms with Gasteiger partial charge >= 0.3 is 0 Å². The molecule has 0 aromatic carbocycles.